The highest BCUT2D eigenvalue weighted by Crippen LogP contribution is 2.47. The molecule has 1 saturated heterocycles. The maximum absolute atomic E-state index is 14.2. The summed E-state index contributed by atoms with van der Waals surface area (Å²) in [6, 6.07) is 11.3. The van der Waals surface area contributed by atoms with Crippen LogP contribution in [0.2, 0.25) is 0 Å². The minimum atomic E-state index is -1.10. The van der Waals surface area contributed by atoms with E-state index in [2.05, 4.69) is 15.6 Å². The Morgan fingerprint density at radius 1 is 1.07 bits per heavy atom. The Labute approximate surface area is 242 Å². The van der Waals surface area contributed by atoms with Gasteiger partial charge in [0.15, 0.2) is 0 Å². The van der Waals surface area contributed by atoms with Crippen molar-refractivity contribution in [2.75, 3.05) is 17.2 Å². The average molecular weight is 575 g/mol. The van der Waals surface area contributed by atoms with Crippen LogP contribution < -0.4 is 10.6 Å². The van der Waals surface area contributed by atoms with Crippen molar-refractivity contribution in [2.24, 2.45) is 5.41 Å². The summed E-state index contributed by atoms with van der Waals surface area (Å²) in [5.41, 5.74) is 1.64. The molecule has 6 rings (SSSR count). The summed E-state index contributed by atoms with van der Waals surface area (Å²) in [6.07, 6.45) is 2.34. The number of carbonyl (C=O) groups excluding carboxylic acids is 3. The van der Waals surface area contributed by atoms with Crippen molar-refractivity contribution < 1.29 is 28.3 Å². The Morgan fingerprint density at radius 2 is 1.79 bits per heavy atom. The summed E-state index contributed by atoms with van der Waals surface area (Å²) >= 11 is 0. The van der Waals surface area contributed by atoms with Gasteiger partial charge < -0.3 is 20.6 Å². The Kier molecular flexibility index (Phi) is 6.84. The van der Waals surface area contributed by atoms with Gasteiger partial charge >= 0.3 is 0 Å². The monoisotopic (exact) mass is 574 g/mol. The van der Waals surface area contributed by atoms with Crippen LogP contribution in [-0.2, 0) is 32.6 Å². The van der Waals surface area contributed by atoms with Crippen LogP contribution in [-0.4, -0.2) is 45.4 Å². The molecule has 3 amide bonds. The topological polar surface area (TPSA) is 112 Å². The van der Waals surface area contributed by atoms with Gasteiger partial charge in [-0.2, -0.15) is 0 Å². The summed E-state index contributed by atoms with van der Waals surface area (Å²) in [6.45, 7) is 3.25. The average Bonchev–Trinajstić information content (AvgIpc) is 3.47. The first-order valence-electron chi connectivity index (χ1n) is 14.2. The fraction of sp³-hybridized carbons (Fsp3) is 0.375. The number of rotatable bonds is 6. The molecule has 0 radical (unpaired) electrons. The first-order chi connectivity index (χ1) is 20.1. The normalized spacial score (nSPS) is 24.0. The molecule has 0 bridgehead atoms. The second kappa shape index (κ2) is 10.3. The zero-order valence-corrected chi connectivity index (χ0v) is 23.4. The van der Waals surface area contributed by atoms with Crippen LogP contribution in [0.3, 0.4) is 0 Å². The number of amides is 3. The number of nitrogens with one attached hydrogen (secondary N) is 2. The fourth-order valence-corrected chi connectivity index (χ4v) is 7.12. The highest BCUT2D eigenvalue weighted by atomic mass is 19.1. The van der Waals surface area contributed by atoms with Crippen LogP contribution in [0.1, 0.15) is 61.4 Å². The lowest BCUT2D eigenvalue weighted by Crippen LogP contribution is -2.58. The number of likely N-dealkylation sites (tertiary alicyclic amines) is 1. The second-order valence-corrected chi connectivity index (χ2v) is 11.6. The van der Waals surface area contributed by atoms with Gasteiger partial charge in [0.05, 0.1) is 23.0 Å². The Morgan fingerprint density at radius 3 is 2.50 bits per heavy atom. The van der Waals surface area contributed by atoms with Gasteiger partial charge in [-0.3, -0.25) is 14.4 Å². The molecule has 2 aromatic carbocycles. The quantitative estimate of drug-likeness (QED) is 0.404. The highest BCUT2D eigenvalue weighted by molar-refractivity contribution is 6.06. The van der Waals surface area contributed by atoms with E-state index in [1.54, 1.807) is 26.1 Å². The first-order valence-corrected chi connectivity index (χ1v) is 14.2. The van der Waals surface area contributed by atoms with E-state index in [1.807, 2.05) is 24.3 Å². The SMILES string of the molecule is CCC1(CC)C(=O)N(CC(=O)Nc2ccc3c(c2)C[C@@]2(C3)C(=O)Nc3ncccc32)[C@H](c2cc(F)cc(F)c2)C[C@@H]1O. The van der Waals surface area contributed by atoms with Crippen LogP contribution in [0.25, 0.3) is 0 Å². The number of hydrogen-bond acceptors (Lipinski definition) is 5. The standard InChI is InChI=1S/C32H32F2N4O4/c1-3-31(4-2)26(39)14-25(19-10-21(33)13-22(34)11-19)38(30(31)42)17-27(40)36-23-8-7-18-15-32(16-20(18)12-23)24-6-5-9-35-28(24)37-29(32)41/h5-13,25-26,39H,3-4,14-17H2,1-2H3,(H,36,40)(H,35,37,41)/t25-,26-,32+/m0/s1. The Bertz CT molecular complexity index is 1590. The Hall–Kier alpha value is -4.18. The van der Waals surface area contributed by atoms with Crippen molar-refractivity contribution in [3.63, 3.8) is 0 Å². The maximum Gasteiger partial charge on any atom is 0.244 e. The minimum Gasteiger partial charge on any atom is -0.392 e. The van der Waals surface area contributed by atoms with E-state index in [9.17, 15) is 28.3 Å². The van der Waals surface area contributed by atoms with Gasteiger partial charge in [0.25, 0.3) is 0 Å². The number of halogens is 2. The molecule has 42 heavy (non-hydrogen) atoms. The van der Waals surface area contributed by atoms with Crippen molar-refractivity contribution >= 4 is 29.2 Å². The lowest BCUT2D eigenvalue weighted by atomic mass is 9.69. The van der Waals surface area contributed by atoms with E-state index in [0.717, 1.165) is 34.9 Å². The van der Waals surface area contributed by atoms with Crippen molar-refractivity contribution in [3.05, 3.63) is 88.6 Å². The molecular formula is C32H32F2N4O4. The molecule has 3 heterocycles. The van der Waals surface area contributed by atoms with Gasteiger partial charge in [0.2, 0.25) is 17.7 Å². The number of nitrogens with zero attached hydrogens (tertiary/aromatic N) is 2. The third-order valence-corrected chi connectivity index (χ3v) is 9.46. The van der Waals surface area contributed by atoms with Crippen molar-refractivity contribution in [1.82, 2.24) is 9.88 Å². The summed E-state index contributed by atoms with van der Waals surface area (Å²) < 4.78 is 28.3. The summed E-state index contributed by atoms with van der Waals surface area (Å²) in [4.78, 5) is 45.9. The van der Waals surface area contributed by atoms with Crippen LogP contribution in [0, 0.1) is 17.0 Å². The van der Waals surface area contributed by atoms with Gasteiger partial charge in [-0.05, 0) is 79.1 Å². The van der Waals surface area contributed by atoms with E-state index >= 15 is 0 Å². The molecule has 3 N–H and O–H groups in total. The molecule has 3 atom stereocenters. The van der Waals surface area contributed by atoms with Crippen LogP contribution in [0.5, 0.6) is 0 Å². The predicted molar refractivity (Wildman–Crippen MR) is 151 cm³/mol. The fourth-order valence-electron chi connectivity index (χ4n) is 7.12. The van der Waals surface area contributed by atoms with Crippen LogP contribution >= 0.6 is 0 Å². The maximum atomic E-state index is 14.2. The molecule has 218 valence electrons. The van der Waals surface area contributed by atoms with Gasteiger partial charge in [0, 0.05) is 23.5 Å². The Balaban J connectivity index is 1.25. The first kappa shape index (κ1) is 28.0. The molecular weight excluding hydrogens is 542 g/mol. The number of aromatic nitrogens is 1. The molecule has 1 aromatic heterocycles. The van der Waals surface area contributed by atoms with Gasteiger partial charge in [-0.1, -0.05) is 26.0 Å². The molecule has 2 aliphatic heterocycles. The molecule has 10 heteroatoms. The summed E-state index contributed by atoms with van der Waals surface area (Å²) in [5, 5.41) is 16.8. The largest absolute Gasteiger partial charge is 0.392 e. The molecule has 3 aromatic rings. The van der Waals surface area contributed by atoms with E-state index in [4.69, 9.17) is 0 Å². The highest BCUT2D eigenvalue weighted by Gasteiger charge is 2.52. The zero-order chi connectivity index (χ0) is 29.8. The smallest absolute Gasteiger partial charge is 0.244 e. The van der Waals surface area contributed by atoms with Crippen molar-refractivity contribution in [3.8, 4) is 0 Å². The molecule has 1 spiro atoms. The van der Waals surface area contributed by atoms with Crippen molar-refractivity contribution in [2.45, 2.75) is 63.5 Å². The molecule has 1 fully saturated rings. The molecule has 1 aliphatic carbocycles. The molecule has 0 saturated carbocycles. The van der Waals surface area contributed by atoms with Crippen molar-refractivity contribution in [1.29, 1.82) is 0 Å². The number of hydrogen-bond donors (Lipinski definition) is 3. The van der Waals surface area contributed by atoms with E-state index in [0.29, 0.717) is 37.2 Å². The molecule has 0 unspecified atom stereocenters. The number of aliphatic hydroxyl groups excluding tert-OH is 1. The van der Waals surface area contributed by atoms with Gasteiger partial charge in [-0.25, -0.2) is 13.8 Å². The van der Waals surface area contributed by atoms with Crippen LogP contribution in [0.15, 0.2) is 54.7 Å². The lowest BCUT2D eigenvalue weighted by molar-refractivity contribution is -0.165. The summed E-state index contributed by atoms with van der Waals surface area (Å²) in [7, 11) is 0. The number of carbonyl (C=O) groups is 3. The third kappa shape index (κ3) is 4.36. The minimum absolute atomic E-state index is 0.0446. The molecule has 3 aliphatic rings. The third-order valence-electron chi connectivity index (χ3n) is 9.46. The zero-order valence-electron chi connectivity index (χ0n) is 23.4. The number of fused-ring (bicyclic) bond motifs is 3. The van der Waals surface area contributed by atoms with Crippen LogP contribution in [0.4, 0.5) is 20.3 Å². The number of anilines is 2. The summed E-state index contributed by atoms with van der Waals surface area (Å²) in [5.74, 6) is -2.04. The lowest BCUT2D eigenvalue weighted by Gasteiger charge is -2.48. The number of piperidine rings is 1. The second-order valence-electron chi connectivity index (χ2n) is 11.6. The van der Waals surface area contributed by atoms with Gasteiger partial charge in [0.1, 0.15) is 24.0 Å². The van der Waals surface area contributed by atoms with E-state index < -0.39 is 46.4 Å². The van der Waals surface area contributed by atoms with E-state index in [1.165, 1.54) is 4.90 Å². The van der Waals surface area contributed by atoms with E-state index in [-0.39, 0.29) is 24.4 Å². The number of aliphatic hydroxyl groups is 1. The number of pyridine rings is 1. The number of benzene rings is 2. The predicted octanol–water partition coefficient (Wildman–Crippen LogP) is 4.43. The molecule has 8 nitrogen and oxygen atoms in total. The van der Waals surface area contributed by atoms with Gasteiger partial charge in [-0.15, -0.1) is 0 Å².